The van der Waals surface area contributed by atoms with E-state index in [0.29, 0.717) is 35.1 Å². The largest absolute Gasteiger partial charge is 0.454 e. The van der Waals surface area contributed by atoms with Crippen LogP contribution in [0.1, 0.15) is 28.4 Å². The van der Waals surface area contributed by atoms with E-state index in [0.717, 1.165) is 22.2 Å². The van der Waals surface area contributed by atoms with Gasteiger partial charge in [0.2, 0.25) is 12.7 Å². The van der Waals surface area contributed by atoms with Crippen LogP contribution in [0.4, 0.5) is 5.69 Å². The molecule has 8 nitrogen and oxygen atoms in total. The molecule has 6 rings (SSSR count). The molecule has 0 fully saturated rings. The number of nitrogens with one attached hydrogen (secondary N) is 1. The summed E-state index contributed by atoms with van der Waals surface area (Å²) in [5.41, 5.74) is 4.36. The molecule has 1 aromatic heterocycles. The Bertz CT molecular complexity index is 1560. The molecule has 1 N–H and O–H groups in total. The molecule has 2 aliphatic heterocycles. The number of fused-ring (bicyclic) bond motifs is 4. The lowest BCUT2D eigenvalue weighted by Crippen LogP contribution is -2.39. The van der Waals surface area contributed by atoms with Gasteiger partial charge in [0.15, 0.2) is 11.5 Å². The molecule has 4 aromatic rings. The first kappa shape index (κ1) is 22.2. The van der Waals surface area contributed by atoms with Crippen molar-refractivity contribution < 1.29 is 19.2 Å². The quantitative estimate of drug-likeness (QED) is 0.221. The number of nitro groups is 1. The predicted molar refractivity (Wildman–Crippen MR) is 135 cm³/mol. The zero-order chi connectivity index (χ0) is 24.8. The summed E-state index contributed by atoms with van der Waals surface area (Å²) in [4.78, 5) is 29.5. The van der Waals surface area contributed by atoms with Gasteiger partial charge in [-0.3, -0.25) is 14.9 Å². The third-order valence-corrected chi connectivity index (χ3v) is 6.97. The topological polar surface area (TPSA) is 97.7 Å². The average Bonchev–Trinajstić information content (AvgIpc) is 3.51. The predicted octanol–water partition coefficient (Wildman–Crippen LogP) is 5.65. The van der Waals surface area contributed by atoms with Gasteiger partial charge in [0.05, 0.1) is 11.0 Å². The van der Waals surface area contributed by atoms with E-state index < -0.39 is 4.92 Å². The van der Waals surface area contributed by atoms with Crippen molar-refractivity contribution >= 4 is 40.2 Å². The first-order valence-electron chi connectivity index (χ1n) is 11.4. The van der Waals surface area contributed by atoms with Gasteiger partial charge >= 0.3 is 0 Å². The molecular weight excluding hydrogens is 482 g/mol. The molecule has 180 valence electrons. The summed E-state index contributed by atoms with van der Waals surface area (Å²) in [6, 6.07) is 17.6. The van der Waals surface area contributed by atoms with Crippen molar-refractivity contribution in [3.05, 3.63) is 104 Å². The van der Waals surface area contributed by atoms with Gasteiger partial charge in [-0.05, 0) is 47.9 Å². The summed E-state index contributed by atoms with van der Waals surface area (Å²) in [6.07, 6.45) is 3.63. The Morgan fingerprint density at radius 3 is 2.81 bits per heavy atom. The standard InChI is InChI=1S/C27H20ClN3O5/c28-21-8-7-18(31(33)34)13-16(21)6-10-25(32)30-12-11-20-19-3-1-2-4-22(19)29-26(20)27(30)17-5-9-23-24(14-17)36-15-35-23/h1-10,13-14,27,29H,11-12,15H2/b10-6+. The van der Waals surface area contributed by atoms with Crippen LogP contribution in [-0.2, 0) is 11.2 Å². The highest BCUT2D eigenvalue weighted by Crippen LogP contribution is 2.42. The van der Waals surface area contributed by atoms with Crippen LogP contribution < -0.4 is 9.47 Å². The second kappa shape index (κ2) is 8.73. The van der Waals surface area contributed by atoms with E-state index in [1.807, 2.05) is 36.4 Å². The van der Waals surface area contributed by atoms with E-state index in [2.05, 4.69) is 11.1 Å². The van der Waals surface area contributed by atoms with Gasteiger partial charge in [-0.25, -0.2) is 0 Å². The average molecular weight is 502 g/mol. The van der Waals surface area contributed by atoms with Crippen LogP contribution in [0.5, 0.6) is 11.5 Å². The van der Waals surface area contributed by atoms with Crippen LogP contribution in [0.2, 0.25) is 5.02 Å². The smallest absolute Gasteiger partial charge is 0.270 e. The normalized spacial score (nSPS) is 16.5. The third-order valence-electron chi connectivity index (χ3n) is 6.63. The van der Waals surface area contributed by atoms with E-state index in [1.54, 1.807) is 4.90 Å². The molecule has 0 saturated heterocycles. The van der Waals surface area contributed by atoms with Gasteiger partial charge in [-0.1, -0.05) is 35.9 Å². The number of aromatic amines is 1. The molecule has 9 heteroatoms. The van der Waals surface area contributed by atoms with Gasteiger partial charge < -0.3 is 19.4 Å². The minimum absolute atomic E-state index is 0.0922. The lowest BCUT2D eigenvalue weighted by atomic mass is 9.92. The summed E-state index contributed by atoms with van der Waals surface area (Å²) < 4.78 is 11.1. The van der Waals surface area contributed by atoms with Crippen molar-refractivity contribution in [2.75, 3.05) is 13.3 Å². The molecule has 3 aromatic carbocycles. The number of hydrogen-bond acceptors (Lipinski definition) is 5. The molecule has 0 aliphatic carbocycles. The Labute approximate surface area is 210 Å². The number of non-ortho nitro benzene ring substituents is 1. The second-order valence-corrected chi connectivity index (χ2v) is 9.06. The molecular formula is C27H20ClN3O5. The Morgan fingerprint density at radius 2 is 1.94 bits per heavy atom. The number of para-hydroxylation sites is 1. The number of hydrogen-bond donors (Lipinski definition) is 1. The SMILES string of the molecule is O=C(/C=C/c1cc([N+](=O)[O-])ccc1Cl)N1CCc2c([nH]c3ccccc23)C1c1ccc2c(c1)OCO2. The molecule has 2 aliphatic rings. The number of halogens is 1. The highest BCUT2D eigenvalue weighted by molar-refractivity contribution is 6.32. The zero-order valence-electron chi connectivity index (χ0n) is 18.9. The molecule has 0 bridgehead atoms. The van der Waals surface area contributed by atoms with Crippen molar-refractivity contribution in [3.8, 4) is 11.5 Å². The minimum atomic E-state index is -0.493. The summed E-state index contributed by atoms with van der Waals surface area (Å²) in [5, 5.41) is 12.6. The van der Waals surface area contributed by atoms with Crippen LogP contribution in [0, 0.1) is 10.1 Å². The van der Waals surface area contributed by atoms with Crippen molar-refractivity contribution in [1.29, 1.82) is 0 Å². The third kappa shape index (κ3) is 3.76. The van der Waals surface area contributed by atoms with E-state index in [4.69, 9.17) is 21.1 Å². The summed E-state index contributed by atoms with van der Waals surface area (Å²) in [5.74, 6) is 1.08. The van der Waals surface area contributed by atoms with Crippen LogP contribution in [0.25, 0.3) is 17.0 Å². The number of nitro benzene ring substituents is 1. The Hall–Kier alpha value is -4.30. The van der Waals surface area contributed by atoms with Crippen molar-refractivity contribution in [2.24, 2.45) is 0 Å². The van der Waals surface area contributed by atoms with E-state index in [9.17, 15) is 14.9 Å². The summed E-state index contributed by atoms with van der Waals surface area (Å²) >= 11 is 6.23. The van der Waals surface area contributed by atoms with Crippen LogP contribution in [-0.4, -0.2) is 34.1 Å². The van der Waals surface area contributed by atoms with Crippen molar-refractivity contribution in [3.63, 3.8) is 0 Å². The molecule has 1 unspecified atom stereocenters. The van der Waals surface area contributed by atoms with Gasteiger partial charge in [-0.2, -0.15) is 0 Å². The molecule has 36 heavy (non-hydrogen) atoms. The molecule has 1 amide bonds. The molecule has 0 saturated carbocycles. The Morgan fingerprint density at radius 1 is 1.11 bits per heavy atom. The first-order chi connectivity index (χ1) is 17.5. The highest BCUT2D eigenvalue weighted by Gasteiger charge is 2.34. The monoisotopic (exact) mass is 501 g/mol. The maximum Gasteiger partial charge on any atom is 0.270 e. The number of carbonyl (C=O) groups is 1. The number of amides is 1. The fourth-order valence-electron chi connectivity index (χ4n) is 4.94. The molecule has 1 atom stereocenters. The maximum absolute atomic E-state index is 13.5. The molecule has 0 spiro atoms. The van der Waals surface area contributed by atoms with Gasteiger partial charge in [0.1, 0.15) is 0 Å². The number of aromatic nitrogens is 1. The first-order valence-corrected chi connectivity index (χ1v) is 11.8. The van der Waals surface area contributed by atoms with Gasteiger partial charge in [0.25, 0.3) is 5.69 Å². The van der Waals surface area contributed by atoms with Gasteiger partial charge in [0, 0.05) is 51.9 Å². The number of rotatable bonds is 4. The van der Waals surface area contributed by atoms with Crippen LogP contribution in [0.15, 0.2) is 66.7 Å². The number of carbonyl (C=O) groups excluding carboxylic acids is 1. The highest BCUT2D eigenvalue weighted by atomic mass is 35.5. The fourth-order valence-corrected chi connectivity index (χ4v) is 5.12. The van der Waals surface area contributed by atoms with Crippen molar-refractivity contribution in [2.45, 2.75) is 12.5 Å². The number of nitrogens with zero attached hydrogens (tertiary/aromatic N) is 2. The van der Waals surface area contributed by atoms with Crippen molar-refractivity contribution in [1.82, 2.24) is 9.88 Å². The lowest BCUT2D eigenvalue weighted by Gasteiger charge is -2.35. The minimum Gasteiger partial charge on any atom is -0.454 e. The van der Waals surface area contributed by atoms with Crippen LogP contribution >= 0.6 is 11.6 Å². The van der Waals surface area contributed by atoms with Gasteiger partial charge in [-0.15, -0.1) is 0 Å². The number of benzene rings is 3. The fraction of sp³-hybridized carbons (Fsp3) is 0.148. The van der Waals surface area contributed by atoms with Crippen LogP contribution in [0.3, 0.4) is 0 Å². The van der Waals surface area contributed by atoms with E-state index in [1.165, 1.54) is 35.9 Å². The van der Waals surface area contributed by atoms with E-state index in [-0.39, 0.29) is 24.4 Å². The summed E-state index contributed by atoms with van der Waals surface area (Å²) in [6.45, 7) is 0.663. The Balaban J connectivity index is 1.41. The number of H-pyrrole nitrogens is 1. The summed E-state index contributed by atoms with van der Waals surface area (Å²) in [7, 11) is 0. The lowest BCUT2D eigenvalue weighted by molar-refractivity contribution is -0.384. The second-order valence-electron chi connectivity index (χ2n) is 8.66. The zero-order valence-corrected chi connectivity index (χ0v) is 19.7. The van der Waals surface area contributed by atoms with E-state index >= 15 is 0 Å². The maximum atomic E-state index is 13.5. The Kier molecular flexibility index (Phi) is 5.38. The molecule has 0 radical (unpaired) electrons. The molecule has 3 heterocycles. The number of ether oxygens (including phenoxy) is 2.